The van der Waals surface area contributed by atoms with Gasteiger partial charge in [-0.2, -0.15) is 0 Å². The number of thiophene rings is 1. The Labute approximate surface area is 118 Å². The van der Waals surface area contributed by atoms with Crippen molar-refractivity contribution in [1.29, 1.82) is 0 Å². The van der Waals surface area contributed by atoms with Gasteiger partial charge in [0.25, 0.3) is 0 Å². The summed E-state index contributed by atoms with van der Waals surface area (Å²) in [5, 5.41) is 5.32. The molecule has 0 fully saturated rings. The lowest BCUT2D eigenvalue weighted by atomic mass is 10.1. The van der Waals surface area contributed by atoms with Crippen LogP contribution < -0.4 is 11.1 Å². The number of ketones is 1. The second kappa shape index (κ2) is 5.54. The van der Waals surface area contributed by atoms with Crippen molar-refractivity contribution in [1.82, 2.24) is 0 Å². The highest BCUT2D eigenvalue weighted by atomic mass is 79.9. The van der Waals surface area contributed by atoms with Crippen molar-refractivity contribution in [2.75, 3.05) is 11.1 Å². The van der Waals surface area contributed by atoms with Crippen LogP contribution >= 0.6 is 27.3 Å². The minimum absolute atomic E-state index is 0.0138. The maximum absolute atomic E-state index is 11.3. The molecule has 1 aromatic heterocycles. The first-order valence-corrected chi connectivity index (χ1v) is 7.11. The molecule has 5 heteroatoms. The van der Waals surface area contributed by atoms with Crippen LogP contribution in [0.3, 0.4) is 0 Å². The lowest BCUT2D eigenvalue weighted by Gasteiger charge is -2.08. The van der Waals surface area contributed by atoms with Gasteiger partial charge in [-0.05, 0) is 52.5 Å². The van der Waals surface area contributed by atoms with Crippen LogP contribution in [0.5, 0.6) is 0 Å². The van der Waals surface area contributed by atoms with Gasteiger partial charge < -0.3 is 11.1 Å². The van der Waals surface area contributed by atoms with E-state index >= 15 is 0 Å². The van der Waals surface area contributed by atoms with Gasteiger partial charge in [0.05, 0.1) is 6.54 Å². The monoisotopic (exact) mass is 324 g/mol. The molecular formula is C13H13BrN2OS. The summed E-state index contributed by atoms with van der Waals surface area (Å²) in [7, 11) is 0. The third-order valence-electron chi connectivity index (χ3n) is 2.57. The normalized spacial score (nSPS) is 10.3. The second-order valence-corrected chi connectivity index (χ2v) is 5.76. The Hall–Kier alpha value is -1.33. The zero-order valence-corrected chi connectivity index (χ0v) is 12.3. The number of hydrogen-bond donors (Lipinski definition) is 2. The van der Waals surface area contributed by atoms with Crippen LogP contribution in [-0.2, 0) is 6.54 Å². The van der Waals surface area contributed by atoms with Crippen LogP contribution in [0, 0.1) is 0 Å². The van der Waals surface area contributed by atoms with Crippen molar-refractivity contribution >= 4 is 44.4 Å². The van der Waals surface area contributed by atoms with Gasteiger partial charge in [0, 0.05) is 26.3 Å². The molecule has 3 nitrogen and oxygen atoms in total. The molecule has 0 aliphatic carbocycles. The number of carbonyl (C=O) groups excluding carboxylic acids is 1. The molecule has 1 heterocycles. The van der Waals surface area contributed by atoms with Crippen LogP contribution in [0.1, 0.15) is 22.2 Å². The Morgan fingerprint density at radius 3 is 2.78 bits per heavy atom. The van der Waals surface area contributed by atoms with Crippen molar-refractivity contribution in [2.45, 2.75) is 13.5 Å². The summed E-state index contributed by atoms with van der Waals surface area (Å²) in [4.78, 5) is 12.5. The smallest absolute Gasteiger partial charge is 0.161 e. The summed E-state index contributed by atoms with van der Waals surface area (Å²) in [5.41, 5.74) is 7.83. The lowest BCUT2D eigenvalue weighted by molar-refractivity contribution is 0.101. The summed E-state index contributed by atoms with van der Waals surface area (Å²) >= 11 is 5.17. The molecule has 94 valence electrons. The zero-order chi connectivity index (χ0) is 13.1. The minimum Gasteiger partial charge on any atom is -0.398 e. The molecule has 1 aromatic carbocycles. The molecule has 0 amide bonds. The molecule has 2 rings (SSSR count). The Kier molecular flexibility index (Phi) is 4.04. The van der Waals surface area contributed by atoms with Gasteiger partial charge in [-0.3, -0.25) is 4.79 Å². The number of anilines is 2. The van der Waals surface area contributed by atoms with Crippen LogP contribution in [0.2, 0.25) is 0 Å². The van der Waals surface area contributed by atoms with E-state index in [4.69, 9.17) is 5.73 Å². The number of Topliss-reactive ketones (excluding diaryl/α,β-unsaturated/α-hetero) is 1. The van der Waals surface area contributed by atoms with Crippen LogP contribution in [0.15, 0.2) is 34.1 Å². The number of halogens is 1. The molecule has 0 saturated carbocycles. The molecule has 2 aromatic rings. The summed E-state index contributed by atoms with van der Waals surface area (Å²) in [6.07, 6.45) is 0. The van der Waals surface area contributed by atoms with Gasteiger partial charge in [-0.15, -0.1) is 11.3 Å². The molecule has 0 unspecified atom stereocenters. The third-order valence-corrected chi connectivity index (χ3v) is 4.50. The molecule has 0 saturated heterocycles. The van der Waals surface area contributed by atoms with Gasteiger partial charge >= 0.3 is 0 Å². The number of nitrogens with one attached hydrogen (secondary N) is 1. The summed E-state index contributed by atoms with van der Waals surface area (Å²) in [6.45, 7) is 2.25. The fourth-order valence-electron chi connectivity index (χ4n) is 1.63. The first kappa shape index (κ1) is 13.1. The number of nitrogens with two attached hydrogens (primary N) is 1. The van der Waals surface area contributed by atoms with Crippen molar-refractivity contribution in [3.05, 3.63) is 44.6 Å². The van der Waals surface area contributed by atoms with Crippen molar-refractivity contribution < 1.29 is 4.79 Å². The highest BCUT2D eigenvalue weighted by molar-refractivity contribution is 9.10. The predicted molar refractivity (Wildman–Crippen MR) is 80.2 cm³/mol. The van der Waals surface area contributed by atoms with Gasteiger partial charge in [0.1, 0.15) is 0 Å². The lowest BCUT2D eigenvalue weighted by Crippen LogP contribution is -2.03. The van der Waals surface area contributed by atoms with Gasteiger partial charge in [0.15, 0.2) is 5.78 Å². The number of benzene rings is 1. The Bertz CT molecular complexity index is 580. The standard InChI is InChI=1S/C13H13BrN2OS/c1-8(17)10-3-2-9(6-12(10)15)16-7-13-11(14)4-5-18-13/h2-6,16H,7,15H2,1H3. The average molecular weight is 325 g/mol. The first-order chi connectivity index (χ1) is 8.58. The highest BCUT2D eigenvalue weighted by Crippen LogP contribution is 2.24. The fourth-order valence-corrected chi connectivity index (χ4v) is 3.06. The largest absolute Gasteiger partial charge is 0.398 e. The summed E-state index contributed by atoms with van der Waals surface area (Å²) in [6, 6.07) is 7.44. The number of carbonyl (C=O) groups is 1. The Morgan fingerprint density at radius 1 is 1.44 bits per heavy atom. The fraction of sp³-hybridized carbons (Fsp3) is 0.154. The summed E-state index contributed by atoms with van der Waals surface area (Å²) in [5.74, 6) is -0.0138. The van der Waals surface area contributed by atoms with E-state index in [1.165, 1.54) is 11.8 Å². The zero-order valence-electron chi connectivity index (χ0n) is 9.87. The molecule has 0 bridgehead atoms. The molecule has 0 aliphatic heterocycles. The Balaban J connectivity index is 2.09. The number of hydrogen-bond acceptors (Lipinski definition) is 4. The van der Waals surface area contributed by atoms with Crippen LogP contribution in [0.4, 0.5) is 11.4 Å². The van der Waals surface area contributed by atoms with E-state index in [0.29, 0.717) is 11.3 Å². The van der Waals surface area contributed by atoms with E-state index in [0.717, 1.165) is 16.7 Å². The number of rotatable bonds is 4. The number of nitrogen functional groups attached to an aromatic ring is 1. The van der Waals surface area contributed by atoms with E-state index in [2.05, 4.69) is 21.2 Å². The maximum atomic E-state index is 11.3. The first-order valence-electron chi connectivity index (χ1n) is 5.44. The molecule has 0 radical (unpaired) electrons. The van der Waals surface area contributed by atoms with E-state index < -0.39 is 0 Å². The SMILES string of the molecule is CC(=O)c1ccc(NCc2sccc2Br)cc1N. The molecule has 0 atom stereocenters. The molecular weight excluding hydrogens is 312 g/mol. The molecule has 3 N–H and O–H groups in total. The van der Waals surface area contributed by atoms with E-state index in [-0.39, 0.29) is 5.78 Å². The molecule has 0 spiro atoms. The van der Waals surface area contributed by atoms with Crippen molar-refractivity contribution in [3.8, 4) is 0 Å². The quantitative estimate of drug-likeness (QED) is 0.662. The van der Waals surface area contributed by atoms with E-state index in [1.807, 2.05) is 17.5 Å². The molecule has 18 heavy (non-hydrogen) atoms. The van der Waals surface area contributed by atoms with Crippen molar-refractivity contribution in [2.24, 2.45) is 0 Å². The van der Waals surface area contributed by atoms with Gasteiger partial charge in [0.2, 0.25) is 0 Å². The van der Waals surface area contributed by atoms with Crippen LogP contribution in [0.25, 0.3) is 0 Å². The topological polar surface area (TPSA) is 55.1 Å². The highest BCUT2D eigenvalue weighted by Gasteiger charge is 2.06. The third kappa shape index (κ3) is 2.91. The summed E-state index contributed by atoms with van der Waals surface area (Å²) < 4.78 is 1.10. The average Bonchev–Trinajstić information content (AvgIpc) is 2.72. The van der Waals surface area contributed by atoms with Crippen LogP contribution in [-0.4, -0.2) is 5.78 Å². The van der Waals surface area contributed by atoms with E-state index in [1.54, 1.807) is 23.5 Å². The van der Waals surface area contributed by atoms with E-state index in [9.17, 15) is 4.79 Å². The minimum atomic E-state index is -0.0138. The predicted octanol–water partition coefficient (Wildman–Crippen LogP) is 3.91. The van der Waals surface area contributed by atoms with Crippen molar-refractivity contribution in [3.63, 3.8) is 0 Å². The second-order valence-electron chi connectivity index (χ2n) is 3.90. The maximum Gasteiger partial charge on any atom is 0.161 e. The molecule has 0 aliphatic rings. The Morgan fingerprint density at radius 2 is 2.22 bits per heavy atom. The van der Waals surface area contributed by atoms with Gasteiger partial charge in [-0.25, -0.2) is 0 Å². The van der Waals surface area contributed by atoms with Gasteiger partial charge in [-0.1, -0.05) is 0 Å².